The molecule has 6 N–H and O–H groups in total. The molecule has 0 bridgehead atoms. The van der Waals surface area contributed by atoms with Gasteiger partial charge in [0.05, 0.1) is 9.73 Å². The number of nitrogens with two attached hydrogens (primary N) is 2. The number of nitrogens with one attached hydrogen (secondary N) is 2. The topological polar surface area (TPSA) is 110 Å². The van der Waals surface area contributed by atoms with Crippen molar-refractivity contribution >= 4 is 46.0 Å². The van der Waals surface area contributed by atoms with Gasteiger partial charge in [-0.15, -0.1) is 0 Å². The molecule has 0 aromatic heterocycles. The van der Waals surface area contributed by atoms with E-state index in [1.54, 1.807) is 60.7 Å². The minimum Gasteiger partial charge on any atom is -0.293 e. The van der Waals surface area contributed by atoms with Crippen LogP contribution in [0.2, 0.25) is 0 Å². The Morgan fingerprint density at radius 3 is 1.32 bits per heavy atom. The molecule has 128 valence electrons. The molecule has 0 aliphatic rings. The van der Waals surface area contributed by atoms with Gasteiger partial charge in [0.15, 0.2) is 0 Å². The van der Waals surface area contributed by atoms with Crippen molar-refractivity contribution in [1.82, 2.24) is 10.9 Å². The summed E-state index contributed by atoms with van der Waals surface area (Å²) in [6.07, 6.45) is 0. The Labute approximate surface area is 155 Å². The Balaban J connectivity index is 2.73. The summed E-state index contributed by atoms with van der Waals surface area (Å²) in [6.45, 7) is 0. The number of amides is 2. The Bertz CT molecular complexity index is 740. The van der Waals surface area contributed by atoms with E-state index in [9.17, 15) is 9.59 Å². The van der Waals surface area contributed by atoms with Crippen molar-refractivity contribution in [3.63, 3.8) is 0 Å². The van der Waals surface area contributed by atoms with E-state index < -0.39 is 17.2 Å². The van der Waals surface area contributed by atoms with E-state index in [0.717, 1.165) is 0 Å². The average molecular weight is 372 g/mol. The third kappa shape index (κ3) is 3.33. The van der Waals surface area contributed by atoms with Crippen LogP contribution in [0.5, 0.6) is 0 Å². The molecule has 2 aromatic carbocycles. The summed E-state index contributed by atoms with van der Waals surface area (Å²) in [7, 11) is 0. The summed E-state index contributed by atoms with van der Waals surface area (Å²) in [5, 5.41) is 0. The Kier molecular flexibility index (Phi) is 6.05. The van der Waals surface area contributed by atoms with Crippen molar-refractivity contribution in [1.29, 1.82) is 0 Å². The molecule has 0 saturated heterocycles. The van der Waals surface area contributed by atoms with Crippen LogP contribution in [-0.4, -0.2) is 21.5 Å². The van der Waals surface area contributed by atoms with Gasteiger partial charge in [0.25, 0.3) is 11.8 Å². The van der Waals surface area contributed by atoms with E-state index >= 15 is 0 Å². The standard InChI is InChI=1S/C17H16N4O2S2/c18-20-15(22)17(16(23)21-19,13(24)11-7-3-1-4-8-11)14(25)12-9-5-2-6-10-12/h1-10H,18-19H2,(H,20,22)(H,21,23). The largest absolute Gasteiger partial charge is 0.293 e. The van der Waals surface area contributed by atoms with E-state index in [2.05, 4.69) is 0 Å². The second kappa shape index (κ2) is 8.04. The number of hydrogen-bond donors (Lipinski definition) is 4. The molecular weight excluding hydrogens is 356 g/mol. The molecule has 25 heavy (non-hydrogen) atoms. The van der Waals surface area contributed by atoms with Crippen LogP contribution in [0.1, 0.15) is 11.1 Å². The molecule has 0 atom stereocenters. The fourth-order valence-electron chi connectivity index (χ4n) is 2.45. The first-order valence-electron chi connectivity index (χ1n) is 7.22. The van der Waals surface area contributed by atoms with Crippen LogP contribution in [0.3, 0.4) is 0 Å². The Morgan fingerprint density at radius 2 is 1.04 bits per heavy atom. The first-order valence-corrected chi connectivity index (χ1v) is 8.03. The molecular formula is C17H16N4O2S2. The molecule has 6 nitrogen and oxygen atoms in total. The second-order valence-corrected chi connectivity index (χ2v) is 5.90. The van der Waals surface area contributed by atoms with E-state index in [-0.39, 0.29) is 9.73 Å². The number of rotatable bonds is 6. The predicted molar refractivity (Wildman–Crippen MR) is 103 cm³/mol. The van der Waals surface area contributed by atoms with Gasteiger partial charge in [0.2, 0.25) is 5.41 Å². The summed E-state index contributed by atoms with van der Waals surface area (Å²) in [5.41, 5.74) is 2.92. The van der Waals surface area contributed by atoms with Crippen molar-refractivity contribution in [3.8, 4) is 0 Å². The molecule has 0 fully saturated rings. The van der Waals surface area contributed by atoms with Gasteiger partial charge in [-0.25, -0.2) is 11.7 Å². The molecule has 2 aromatic rings. The third-order valence-corrected chi connectivity index (χ3v) is 4.78. The maximum atomic E-state index is 12.7. The highest BCUT2D eigenvalue weighted by atomic mass is 32.1. The van der Waals surface area contributed by atoms with Crippen LogP contribution in [0.4, 0.5) is 0 Å². The first-order chi connectivity index (χ1) is 12.0. The summed E-state index contributed by atoms with van der Waals surface area (Å²) < 4.78 is 0. The van der Waals surface area contributed by atoms with E-state index in [1.165, 1.54) is 0 Å². The smallest absolute Gasteiger partial charge is 0.260 e. The first kappa shape index (κ1) is 18.8. The van der Waals surface area contributed by atoms with Gasteiger partial charge < -0.3 is 0 Å². The maximum absolute atomic E-state index is 12.7. The van der Waals surface area contributed by atoms with Crippen molar-refractivity contribution < 1.29 is 9.59 Å². The van der Waals surface area contributed by atoms with Gasteiger partial charge in [-0.3, -0.25) is 20.4 Å². The van der Waals surface area contributed by atoms with Crippen molar-refractivity contribution in [2.75, 3.05) is 0 Å². The highest BCUT2D eigenvalue weighted by Gasteiger charge is 2.53. The highest BCUT2D eigenvalue weighted by molar-refractivity contribution is 7.83. The SMILES string of the molecule is NNC(=O)C(C(=O)NN)(C(=S)c1ccccc1)C(=S)c1ccccc1. The van der Waals surface area contributed by atoms with Crippen LogP contribution in [0, 0.1) is 5.41 Å². The van der Waals surface area contributed by atoms with E-state index in [1.807, 2.05) is 10.9 Å². The lowest BCUT2D eigenvalue weighted by Gasteiger charge is -2.31. The quantitative estimate of drug-likeness (QED) is 0.149. The van der Waals surface area contributed by atoms with Gasteiger partial charge in [0.1, 0.15) is 0 Å². The molecule has 0 spiro atoms. The zero-order chi connectivity index (χ0) is 18.4. The fraction of sp³-hybridized carbons (Fsp3) is 0.0588. The van der Waals surface area contributed by atoms with E-state index in [4.69, 9.17) is 36.1 Å². The molecule has 0 heterocycles. The number of hydrogen-bond acceptors (Lipinski definition) is 6. The third-order valence-electron chi connectivity index (χ3n) is 3.70. The molecule has 2 rings (SSSR count). The summed E-state index contributed by atoms with van der Waals surface area (Å²) >= 11 is 11.0. The predicted octanol–water partition coefficient (Wildman–Crippen LogP) is 0.789. The molecule has 0 aliphatic carbocycles. The van der Waals surface area contributed by atoms with Crippen LogP contribution in [0.15, 0.2) is 60.7 Å². The minimum absolute atomic E-state index is 0.00727. The van der Waals surface area contributed by atoms with Gasteiger partial charge in [-0.1, -0.05) is 85.1 Å². The van der Waals surface area contributed by atoms with Gasteiger partial charge in [0, 0.05) is 0 Å². The Hall–Kier alpha value is -2.52. The van der Waals surface area contributed by atoms with Crippen LogP contribution in [-0.2, 0) is 9.59 Å². The minimum atomic E-state index is -2.04. The van der Waals surface area contributed by atoms with Crippen LogP contribution in [0.25, 0.3) is 0 Å². The summed E-state index contributed by atoms with van der Waals surface area (Å²) in [4.78, 5) is 25.5. The lowest BCUT2D eigenvalue weighted by atomic mass is 9.74. The van der Waals surface area contributed by atoms with Crippen LogP contribution >= 0.6 is 24.4 Å². The Morgan fingerprint density at radius 1 is 0.720 bits per heavy atom. The van der Waals surface area contributed by atoms with Gasteiger partial charge in [-0.2, -0.15) is 0 Å². The molecule has 8 heteroatoms. The zero-order valence-electron chi connectivity index (χ0n) is 13.1. The number of carbonyl (C=O) groups is 2. The normalized spacial score (nSPS) is 10.6. The van der Waals surface area contributed by atoms with Crippen molar-refractivity contribution in [2.45, 2.75) is 0 Å². The highest BCUT2D eigenvalue weighted by Crippen LogP contribution is 2.31. The molecule has 0 unspecified atom stereocenters. The van der Waals surface area contributed by atoms with E-state index in [0.29, 0.717) is 11.1 Å². The molecule has 0 aliphatic heterocycles. The lowest BCUT2D eigenvalue weighted by Crippen LogP contribution is -2.62. The number of carbonyl (C=O) groups excluding carboxylic acids is 2. The second-order valence-electron chi connectivity index (χ2n) is 5.09. The maximum Gasteiger partial charge on any atom is 0.260 e. The van der Waals surface area contributed by atoms with Gasteiger partial charge >= 0.3 is 0 Å². The van der Waals surface area contributed by atoms with Crippen molar-refractivity contribution in [3.05, 3.63) is 71.8 Å². The number of benzene rings is 2. The van der Waals surface area contributed by atoms with Crippen molar-refractivity contribution in [2.24, 2.45) is 17.1 Å². The summed E-state index contributed by atoms with van der Waals surface area (Å²) in [6, 6.07) is 17.2. The average Bonchev–Trinajstić information content (AvgIpc) is 2.68. The summed E-state index contributed by atoms with van der Waals surface area (Å²) in [5.74, 6) is 8.96. The zero-order valence-corrected chi connectivity index (χ0v) is 14.7. The fourth-order valence-corrected chi connectivity index (χ4v) is 3.36. The van der Waals surface area contributed by atoms with Gasteiger partial charge in [-0.05, 0) is 11.1 Å². The monoisotopic (exact) mass is 372 g/mol. The molecule has 2 amide bonds. The number of thiocarbonyl (C=S) groups is 2. The number of hydrazine groups is 2. The molecule has 0 saturated carbocycles. The molecule has 0 radical (unpaired) electrons. The van der Waals surface area contributed by atoms with Crippen LogP contribution < -0.4 is 22.5 Å². The lowest BCUT2D eigenvalue weighted by molar-refractivity contribution is -0.135.